The smallest absolute Gasteiger partial charge is 0.383 e. The molecule has 7 nitrogen and oxygen atoms in total. The van der Waals surface area contributed by atoms with Crippen molar-refractivity contribution in [3.8, 4) is 0 Å². The molecule has 0 saturated heterocycles. The van der Waals surface area contributed by atoms with Gasteiger partial charge in [0.2, 0.25) is 0 Å². The molecular weight excluding hydrogens is 435 g/mol. The lowest BCUT2D eigenvalue weighted by atomic mass is 9.89. The number of anilines is 1. The van der Waals surface area contributed by atoms with E-state index in [1.165, 1.54) is 6.07 Å². The highest BCUT2D eigenvalue weighted by molar-refractivity contribution is 5.99. The highest BCUT2D eigenvalue weighted by Gasteiger charge is 2.36. The maximum absolute atomic E-state index is 13.7. The fourth-order valence-electron chi connectivity index (χ4n) is 4.43. The van der Waals surface area contributed by atoms with Crippen molar-refractivity contribution >= 4 is 22.6 Å². The molecule has 0 spiro atoms. The first-order chi connectivity index (χ1) is 15.7. The van der Waals surface area contributed by atoms with Gasteiger partial charge in [0.1, 0.15) is 5.82 Å². The number of amides is 1. The second kappa shape index (κ2) is 7.95. The van der Waals surface area contributed by atoms with Crippen molar-refractivity contribution in [2.24, 2.45) is 0 Å². The van der Waals surface area contributed by atoms with E-state index in [1.807, 2.05) is 0 Å². The summed E-state index contributed by atoms with van der Waals surface area (Å²) < 4.78 is 44.2. The van der Waals surface area contributed by atoms with Crippen LogP contribution in [0.4, 0.5) is 19.0 Å². The number of pyridine rings is 1. The van der Waals surface area contributed by atoms with Gasteiger partial charge < -0.3 is 15.4 Å². The van der Waals surface area contributed by atoms with Crippen LogP contribution in [0.1, 0.15) is 65.1 Å². The average Bonchev–Trinajstić information content (AvgIpc) is 3.26. The number of hydrogen-bond donors (Lipinski definition) is 1. The third-order valence-corrected chi connectivity index (χ3v) is 6.50. The van der Waals surface area contributed by atoms with Crippen molar-refractivity contribution < 1.29 is 22.7 Å². The molecule has 1 atom stereocenters. The van der Waals surface area contributed by atoms with Crippen LogP contribution < -0.4 is 5.73 Å². The largest absolute Gasteiger partial charge is 0.435 e. The van der Waals surface area contributed by atoms with Gasteiger partial charge in [0.05, 0.1) is 30.5 Å². The van der Waals surface area contributed by atoms with Crippen LogP contribution in [-0.2, 0) is 24.1 Å². The zero-order chi connectivity index (χ0) is 23.3. The average molecular weight is 457 g/mol. The molecule has 2 aromatic heterocycles. The molecule has 1 saturated carbocycles. The van der Waals surface area contributed by atoms with Crippen LogP contribution in [0.2, 0.25) is 0 Å². The standard InChI is InChI=1S/C23H22F3N5O2/c1-12(18-7-8-20(30-29-18)23(24,25)26)31(14-3-2-4-14)22(32)13-5-6-19-15(9-13)16-10-33-11-17(16)21(27)28-19/h5-9,12,14H,2-4,10-11H2,1H3,(H2,27,28)/t12-/m1/s1. The lowest BCUT2D eigenvalue weighted by molar-refractivity contribution is -0.141. The summed E-state index contributed by atoms with van der Waals surface area (Å²) in [7, 11) is 0. The Morgan fingerprint density at radius 3 is 2.55 bits per heavy atom. The Morgan fingerprint density at radius 2 is 1.91 bits per heavy atom. The lowest BCUT2D eigenvalue weighted by Gasteiger charge is -2.41. The molecule has 10 heteroatoms. The molecule has 0 bridgehead atoms. The van der Waals surface area contributed by atoms with Crippen LogP contribution in [0.3, 0.4) is 0 Å². The zero-order valence-corrected chi connectivity index (χ0v) is 17.9. The summed E-state index contributed by atoms with van der Waals surface area (Å²) in [5.74, 6) is 0.222. The van der Waals surface area contributed by atoms with E-state index in [-0.39, 0.29) is 11.9 Å². The van der Waals surface area contributed by atoms with Crippen molar-refractivity contribution in [2.45, 2.75) is 57.7 Å². The van der Waals surface area contributed by atoms with Crippen LogP contribution in [0.25, 0.3) is 10.9 Å². The van der Waals surface area contributed by atoms with Gasteiger partial charge in [0.25, 0.3) is 5.91 Å². The van der Waals surface area contributed by atoms with Crippen LogP contribution in [0.15, 0.2) is 30.3 Å². The van der Waals surface area contributed by atoms with E-state index < -0.39 is 17.9 Å². The molecule has 3 aromatic rings. The number of carbonyl (C=O) groups is 1. The minimum Gasteiger partial charge on any atom is -0.383 e. The van der Waals surface area contributed by atoms with E-state index in [4.69, 9.17) is 10.5 Å². The molecule has 2 N–H and O–H groups in total. The number of halogens is 3. The molecule has 1 fully saturated rings. The number of hydrogen-bond acceptors (Lipinski definition) is 6. The Bertz CT molecular complexity index is 1230. The van der Waals surface area contributed by atoms with Gasteiger partial charge in [-0.05, 0) is 62.1 Å². The van der Waals surface area contributed by atoms with Crippen LogP contribution in [-0.4, -0.2) is 32.0 Å². The number of carbonyl (C=O) groups excluding carboxylic acids is 1. The van der Waals surface area contributed by atoms with Crippen molar-refractivity contribution in [2.75, 3.05) is 5.73 Å². The number of ether oxygens (including phenoxy) is 1. The third-order valence-electron chi connectivity index (χ3n) is 6.50. The Hall–Kier alpha value is -3.27. The molecular formula is C23H22F3N5O2. The predicted octanol–water partition coefficient (Wildman–Crippen LogP) is 4.41. The fourth-order valence-corrected chi connectivity index (χ4v) is 4.43. The van der Waals surface area contributed by atoms with Gasteiger partial charge in [-0.1, -0.05) is 0 Å². The van der Waals surface area contributed by atoms with Crippen LogP contribution >= 0.6 is 0 Å². The van der Waals surface area contributed by atoms with E-state index in [2.05, 4.69) is 15.2 Å². The van der Waals surface area contributed by atoms with E-state index in [0.29, 0.717) is 35.8 Å². The van der Waals surface area contributed by atoms with Crippen LogP contribution in [0, 0.1) is 0 Å². The fraction of sp³-hybridized carbons (Fsp3) is 0.391. The summed E-state index contributed by atoms with van der Waals surface area (Å²) in [5, 5.41) is 7.93. The molecule has 5 rings (SSSR count). The second-order valence-corrected chi connectivity index (χ2v) is 8.49. The highest BCUT2D eigenvalue weighted by atomic mass is 19.4. The second-order valence-electron chi connectivity index (χ2n) is 8.49. The zero-order valence-electron chi connectivity index (χ0n) is 17.9. The number of fused-ring (bicyclic) bond motifs is 3. The van der Waals surface area contributed by atoms with Gasteiger partial charge in [0, 0.05) is 22.6 Å². The quantitative estimate of drug-likeness (QED) is 0.624. The number of nitrogens with two attached hydrogens (primary N) is 1. The van der Waals surface area contributed by atoms with Gasteiger partial charge >= 0.3 is 6.18 Å². The van der Waals surface area contributed by atoms with Gasteiger partial charge in [-0.25, -0.2) is 4.98 Å². The molecule has 1 aliphatic carbocycles. The molecule has 1 aliphatic heterocycles. The first-order valence-electron chi connectivity index (χ1n) is 10.8. The number of nitrogens with zero attached hydrogens (tertiary/aromatic N) is 4. The number of rotatable bonds is 4. The van der Waals surface area contributed by atoms with E-state index in [0.717, 1.165) is 41.8 Å². The van der Waals surface area contributed by atoms with Crippen molar-refractivity contribution in [1.82, 2.24) is 20.1 Å². The normalized spacial score (nSPS) is 17.0. The monoisotopic (exact) mass is 457 g/mol. The Kier molecular flexibility index (Phi) is 5.19. The number of aromatic nitrogens is 3. The third kappa shape index (κ3) is 3.78. The predicted molar refractivity (Wildman–Crippen MR) is 114 cm³/mol. The van der Waals surface area contributed by atoms with Crippen molar-refractivity contribution in [3.63, 3.8) is 0 Å². The highest BCUT2D eigenvalue weighted by Crippen LogP contribution is 2.36. The molecule has 172 valence electrons. The molecule has 0 unspecified atom stereocenters. The molecule has 0 radical (unpaired) electrons. The summed E-state index contributed by atoms with van der Waals surface area (Å²) in [6.07, 6.45) is -1.91. The Morgan fingerprint density at radius 1 is 1.15 bits per heavy atom. The maximum Gasteiger partial charge on any atom is 0.435 e. The summed E-state index contributed by atoms with van der Waals surface area (Å²) in [4.78, 5) is 19.8. The summed E-state index contributed by atoms with van der Waals surface area (Å²) in [6, 6.07) is 6.91. The van der Waals surface area contributed by atoms with E-state index in [1.54, 1.807) is 30.0 Å². The molecule has 2 aliphatic rings. The first-order valence-corrected chi connectivity index (χ1v) is 10.8. The van der Waals surface area contributed by atoms with Gasteiger partial charge in [0.15, 0.2) is 5.69 Å². The number of nitrogen functional groups attached to an aromatic ring is 1. The van der Waals surface area contributed by atoms with Crippen molar-refractivity contribution in [1.29, 1.82) is 0 Å². The number of alkyl halides is 3. The minimum absolute atomic E-state index is 0.00844. The summed E-state index contributed by atoms with van der Waals surface area (Å²) in [5.41, 5.74) is 8.23. The minimum atomic E-state index is -4.56. The first kappa shape index (κ1) is 21.6. The Labute approximate surface area is 187 Å². The van der Waals surface area contributed by atoms with Crippen LogP contribution in [0.5, 0.6) is 0 Å². The molecule has 3 heterocycles. The lowest BCUT2D eigenvalue weighted by Crippen LogP contribution is -2.45. The topological polar surface area (TPSA) is 94.2 Å². The van der Waals surface area contributed by atoms with Gasteiger partial charge in [-0.2, -0.15) is 18.3 Å². The SMILES string of the molecule is C[C@H](c1ccc(C(F)(F)F)nn1)N(C(=O)c1ccc2nc(N)c3c(c2c1)COC3)C1CCC1. The van der Waals surface area contributed by atoms with Gasteiger partial charge in [-0.3, -0.25) is 4.79 Å². The van der Waals surface area contributed by atoms with E-state index >= 15 is 0 Å². The molecule has 33 heavy (non-hydrogen) atoms. The molecule has 1 aromatic carbocycles. The number of benzene rings is 1. The summed E-state index contributed by atoms with van der Waals surface area (Å²) >= 11 is 0. The van der Waals surface area contributed by atoms with Gasteiger partial charge in [-0.15, -0.1) is 5.10 Å². The summed E-state index contributed by atoms with van der Waals surface area (Å²) in [6.45, 7) is 2.56. The Balaban J connectivity index is 1.50. The maximum atomic E-state index is 13.7. The van der Waals surface area contributed by atoms with E-state index in [9.17, 15) is 18.0 Å². The van der Waals surface area contributed by atoms with Crippen molar-refractivity contribution in [3.05, 3.63) is 58.4 Å². The molecule has 1 amide bonds.